The molecular weight excluding hydrogens is 329 g/mol. The molecule has 0 bridgehead atoms. The minimum atomic E-state index is -0.902. The van der Waals surface area contributed by atoms with Crippen molar-refractivity contribution in [1.29, 1.82) is 0 Å². The Morgan fingerprint density at radius 2 is 2.14 bits per heavy atom. The topological polar surface area (TPSA) is 45.2 Å². The molecule has 0 aromatic carbocycles. The number of carbonyl (C=O) groups excluding carboxylic acids is 1. The molecule has 1 aromatic heterocycles. The zero-order valence-corrected chi connectivity index (χ0v) is 14.3. The van der Waals surface area contributed by atoms with Gasteiger partial charge in [-0.25, -0.2) is 4.98 Å². The van der Waals surface area contributed by atoms with E-state index < -0.39 is 9.75 Å². The van der Waals surface area contributed by atoms with Gasteiger partial charge in [0.25, 0.3) is 0 Å². The van der Waals surface area contributed by atoms with E-state index in [0.717, 1.165) is 30.3 Å². The molecule has 1 aliphatic carbocycles. The number of carbonyl (C=O) groups is 1. The van der Waals surface area contributed by atoms with Gasteiger partial charge in [-0.1, -0.05) is 0 Å². The third kappa shape index (κ3) is 3.01. The van der Waals surface area contributed by atoms with E-state index in [9.17, 15) is 4.79 Å². The van der Waals surface area contributed by atoms with E-state index in [2.05, 4.69) is 20.6 Å². The number of anilines is 1. The standard InChI is InChI=1S/C14H19Cl2N3OS/c1-13(9-14(13,15)16)11(20)17-5-4-10-8-21-12(18-10)19-6-2-3-7-19/h8H,2-7,9H2,1H3,(H,17,20). The summed E-state index contributed by atoms with van der Waals surface area (Å²) in [4.78, 5) is 19.0. The summed E-state index contributed by atoms with van der Waals surface area (Å²) in [5.74, 6) is -0.0671. The van der Waals surface area contributed by atoms with Crippen LogP contribution >= 0.6 is 34.5 Å². The van der Waals surface area contributed by atoms with Gasteiger partial charge < -0.3 is 10.2 Å². The van der Waals surface area contributed by atoms with Crippen LogP contribution in [0, 0.1) is 5.41 Å². The summed E-state index contributed by atoms with van der Waals surface area (Å²) in [5, 5.41) is 6.09. The molecule has 1 saturated carbocycles. The van der Waals surface area contributed by atoms with Crippen LogP contribution in [-0.4, -0.2) is 34.9 Å². The number of rotatable bonds is 5. The molecule has 0 spiro atoms. The maximum Gasteiger partial charge on any atom is 0.229 e. The van der Waals surface area contributed by atoms with E-state index >= 15 is 0 Å². The molecule has 1 N–H and O–H groups in total. The van der Waals surface area contributed by atoms with Crippen LogP contribution in [-0.2, 0) is 11.2 Å². The Bertz CT molecular complexity index is 542. The second-order valence-electron chi connectivity index (χ2n) is 6.03. The number of nitrogens with zero attached hydrogens (tertiary/aromatic N) is 2. The molecule has 21 heavy (non-hydrogen) atoms. The van der Waals surface area contributed by atoms with E-state index in [-0.39, 0.29) is 5.91 Å². The summed E-state index contributed by atoms with van der Waals surface area (Å²) >= 11 is 13.7. The van der Waals surface area contributed by atoms with Crippen molar-refractivity contribution in [3.63, 3.8) is 0 Å². The quantitative estimate of drug-likeness (QED) is 0.832. The van der Waals surface area contributed by atoms with Crippen LogP contribution in [0.4, 0.5) is 5.13 Å². The molecule has 1 saturated heterocycles. The van der Waals surface area contributed by atoms with E-state index in [1.54, 1.807) is 18.3 Å². The Morgan fingerprint density at radius 3 is 2.76 bits per heavy atom. The first-order chi connectivity index (χ1) is 9.92. The smallest absolute Gasteiger partial charge is 0.229 e. The van der Waals surface area contributed by atoms with Gasteiger partial charge in [-0.15, -0.1) is 34.5 Å². The molecule has 3 rings (SSSR count). The molecular formula is C14H19Cl2N3OS. The van der Waals surface area contributed by atoms with Crippen LogP contribution in [0.3, 0.4) is 0 Å². The number of hydrogen-bond donors (Lipinski definition) is 1. The fraction of sp³-hybridized carbons (Fsp3) is 0.714. The first-order valence-corrected chi connectivity index (χ1v) is 8.91. The van der Waals surface area contributed by atoms with Gasteiger partial charge in [0.1, 0.15) is 4.33 Å². The van der Waals surface area contributed by atoms with Gasteiger partial charge in [-0.2, -0.15) is 0 Å². The van der Waals surface area contributed by atoms with Gasteiger partial charge in [-0.3, -0.25) is 4.79 Å². The highest BCUT2D eigenvalue weighted by Crippen LogP contribution is 2.63. The molecule has 116 valence electrons. The van der Waals surface area contributed by atoms with Gasteiger partial charge in [0.05, 0.1) is 11.1 Å². The van der Waals surface area contributed by atoms with Crippen LogP contribution in [0.25, 0.3) is 0 Å². The SMILES string of the molecule is CC1(C(=O)NCCc2csc(N3CCCC3)n2)CC1(Cl)Cl. The highest BCUT2D eigenvalue weighted by molar-refractivity contribution is 7.13. The van der Waals surface area contributed by atoms with Gasteiger partial charge in [0, 0.05) is 31.4 Å². The molecule has 1 unspecified atom stereocenters. The van der Waals surface area contributed by atoms with Crippen LogP contribution in [0.15, 0.2) is 5.38 Å². The van der Waals surface area contributed by atoms with Crippen molar-refractivity contribution < 1.29 is 4.79 Å². The minimum Gasteiger partial charge on any atom is -0.355 e. The number of alkyl halides is 2. The van der Waals surface area contributed by atoms with Crippen LogP contribution in [0.2, 0.25) is 0 Å². The van der Waals surface area contributed by atoms with Gasteiger partial charge in [-0.05, 0) is 26.2 Å². The summed E-state index contributed by atoms with van der Waals surface area (Å²) in [6, 6.07) is 0. The lowest BCUT2D eigenvalue weighted by molar-refractivity contribution is -0.125. The Hall–Kier alpha value is -0.520. The van der Waals surface area contributed by atoms with Crippen LogP contribution < -0.4 is 10.2 Å². The third-order valence-corrected chi connectivity index (χ3v) is 6.39. The highest BCUT2D eigenvalue weighted by Gasteiger charge is 2.67. The predicted octanol–water partition coefficient (Wildman–Crippen LogP) is 2.99. The lowest BCUT2D eigenvalue weighted by Crippen LogP contribution is -2.34. The van der Waals surface area contributed by atoms with E-state index in [4.69, 9.17) is 23.2 Å². The van der Waals surface area contributed by atoms with Gasteiger partial charge >= 0.3 is 0 Å². The second-order valence-corrected chi connectivity index (χ2v) is 8.36. The van der Waals surface area contributed by atoms with Crippen molar-refractivity contribution in [1.82, 2.24) is 10.3 Å². The molecule has 1 atom stereocenters. The monoisotopic (exact) mass is 347 g/mol. The average molecular weight is 348 g/mol. The molecule has 1 aromatic rings. The first-order valence-electron chi connectivity index (χ1n) is 7.28. The summed E-state index contributed by atoms with van der Waals surface area (Å²) in [7, 11) is 0. The molecule has 2 fully saturated rings. The van der Waals surface area contributed by atoms with Crippen LogP contribution in [0.1, 0.15) is 31.9 Å². The Balaban J connectivity index is 1.47. The molecule has 4 nitrogen and oxygen atoms in total. The lowest BCUT2D eigenvalue weighted by atomic mass is 10.1. The Labute approximate surface area is 138 Å². The Kier molecular flexibility index (Phi) is 4.10. The fourth-order valence-electron chi connectivity index (χ4n) is 2.61. The second kappa shape index (κ2) is 5.60. The minimum absolute atomic E-state index is 0.0671. The van der Waals surface area contributed by atoms with Crippen molar-refractivity contribution in [2.75, 3.05) is 24.5 Å². The van der Waals surface area contributed by atoms with Crippen molar-refractivity contribution in [3.05, 3.63) is 11.1 Å². The van der Waals surface area contributed by atoms with E-state index in [0.29, 0.717) is 13.0 Å². The molecule has 2 heterocycles. The molecule has 2 aliphatic rings. The molecule has 1 aliphatic heterocycles. The maximum atomic E-state index is 12.0. The average Bonchev–Trinajstić information content (AvgIpc) is 2.93. The molecule has 1 amide bonds. The number of hydrogen-bond acceptors (Lipinski definition) is 4. The van der Waals surface area contributed by atoms with Crippen molar-refractivity contribution in [3.8, 4) is 0 Å². The number of amides is 1. The largest absolute Gasteiger partial charge is 0.355 e. The summed E-state index contributed by atoms with van der Waals surface area (Å²) in [5.41, 5.74) is 0.393. The molecule has 0 radical (unpaired) electrons. The Morgan fingerprint density at radius 1 is 1.48 bits per heavy atom. The maximum absolute atomic E-state index is 12.0. The summed E-state index contributed by atoms with van der Waals surface area (Å²) < 4.78 is -0.902. The molecule has 7 heteroatoms. The van der Waals surface area contributed by atoms with Gasteiger partial charge in [0.2, 0.25) is 5.91 Å². The number of thiazole rings is 1. The highest BCUT2D eigenvalue weighted by atomic mass is 35.5. The van der Waals surface area contributed by atoms with Crippen molar-refractivity contribution in [2.24, 2.45) is 5.41 Å². The van der Waals surface area contributed by atoms with Gasteiger partial charge in [0.15, 0.2) is 5.13 Å². The fourth-order valence-corrected chi connectivity index (χ4v) is 4.23. The lowest BCUT2D eigenvalue weighted by Gasteiger charge is -2.13. The van der Waals surface area contributed by atoms with Crippen LogP contribution in [0.5, 0.6) is 0 Å². The van der Waals surface area contributed by atoms with E-state index in [1.165, 1.54) is 12.8 Å². The number of halogens is 2. The first kappa shape index (κ1) is 15.4. The predicted molar refractivity (Wildman–Crippen MR) is 87.4 cm³/mol. The van der Waals surface area contributed by atoms with Crippen molar-refractivity contribution in [2.45, 2.75) is 36.9 Å². The number of aromatic nitrogens is 1. The zero-order valence-electron chi connectivity index (χ0n) is 12.0. The van der Waals surface area contributed by atoms with Crippen molar-refractivity contribution >= 4 is 45.6 Å². The zero-order chi connectivity index (χ0) is 15.1. The summed E-state index contributed by atoms with van der Waals surface area (Å²) in [6.07, 6.45) is 3.76. The van der Waals surface area contributed by atoms with E-state index in [1.807, 2.05) is 0 Å². The third-order valence-electron chi connectivity index (χ3n) is 4.34. The number of nitrogens with one attached hydrogen (secondary N) is 1. The normalized spacial score (nSPS) is 26.9. The summed E-state index contributed by atoms with van der Waals surface area (Å²) in [6.45, 7) is 4.59.